The summed E-state index contributed by atoms with van der Waals surface area (Å²) in [4.78, 5) is 21.9. The molecule has 10 heteroatoms. The first kappa shape index (κ1) is 21.8. The lowest BCUT2D eigenvalue weighted by Gasteiger charge is -2.29. The maximum atomic E-state index is 13.1. The number of anilines is 1. The Balaban J connectivity index is 1.41. The summed E-state index contributed by atoms with van der Waals surface area (Å²) in [5.74, 6) is 1.43. The van der Waals surface area contributed by atoms with Crippen LogP contribution in [0.4, 0.5) is 5.82 Å². The number of aromatic nitrogens is 5. The minimum absolute atomic E-state index is 0.103. The molecule has 0 N–H and O–H groups in total. The van der Waals surface area contributed by atoms with Gasteiger partial charge in [-0.3, -0.25) is 4.79 Å². The van der Waals surface area contributed by atoms with Crippen molar-refractivity contribution in [1.29, 1.82) is 0 Å². The van der Waals surface area contributed by atoms with Gasteiger partial charge in [0.2, 0.25) is 0 Å². The fraction of sp³-hybridized carbons (Fsp3) is 0.360. The lowest BCUT2D eigenvalue weighted by atomic mass is 10.1. The number of carbonyl (C=O) groups excluding carboxylic acids is 1. The third-order valence-corrected chi connectivity index (χ3v) is 6.39. The number of hydrogen-bond acceptors (Lipinski definition) is 7. The molecule has 0 spiro atoms. The Hall–Kier alpha value is -3.76. The van der Waals surface area contributed by atoms with E-state index in [1.54, 1.807) is 20.2 Å². The third-order valence-electron chi connectivity index (χ3n) is 6.39. The Labute approximate surface area is 202 Å². The van der Waals surface area contributed by atoms with Gasteiger partial charge in [-0.25, -0.2) is 9.67 Å². The van der Waals surface area contributed by atoms with Gasteiger partial charge >= 0.3 is 0 Å². The second-order valence-electron chi connectivity index (χ2n) is 8.79. The Morgan fingerprint density at radius 3 is 2.46 bits per heavy atom. The molecular weight excluding hydrogens is 446 g/mol. The third kappa shape index (κ3) is 4.26. The van der Waals surface area contributed by atoms with Crippen LogP contribution in [0.5, 0.6) is 0 Å². The van der Waals surface area contributed by atoms with E-state index in [0.717, 1.165) is 30.2 Å². The van der Waals surface area contributed by atoms with Crippen molar-refractivity contribution in [2.75, 3.05) is 57.5 Å². The van der Waals surface area contributed by atoms with Gasteiger partial charge in [0.15, 0.2) is 17.2 Å². The number of hydrogen-bond donors (Lipinski definition) is 0. The number of ether oxygens (including phenoxy) is 2. The topological polar surface area (TPSA) is 90.0 Å². The minimum atomic E-state index is -0.103. The van der Waals surface area contributed by atoms with Crippen LogP contribution in [0.1, 0.15) is 16.1 Å². The number of carbonyl (C=O) groups is 1. The first-order valence-electron chi connectivity index (χ1n) is 11.9. The highest BCUT2D eigenvalue weighted by molar-refractivity contribution is 5.93. The molecule has 0 bridgehead atoms. The lowest BCUT2D eigenvalue weighted by Crippen LogP contribution is -2.41. The predicted octanol–water partition coefficient (Wildman–Crippen LogP) is 2.20. The second-order valence-corrected chi connectivity index (χ2v) is 8.79. The number of fused-ring (bicyclic) bond motifs is 1. The van der Waals surface area contributed by atoms with E-state index in [4.69, 9.17) is 19.6 Å². The van der Waals surface area contributed by atoms with Gasteiger partial charge in [-0.1, -0.05) is 23.8 Å². The molecule has 35 heavy (non-hydrogen) atoms. The van der Waals surface area contributed by atoms with Crippen molar-refractivity contribution in [3.05, 3.63) is 59.9 Å². The molecule has 4 aromatic rings. The summed E-state index contributed by atoms with van der Waals surface area (Å²) in [6, 6.07) is 14.0. The van der Waals surface area contributed by atoms with E-state index in [-0.39, 0.29) is 5.91 Å². The van der Waals surface area contributed by atoms with Crippen LogP contribution in [0, 0.1) is 6.92 Å². The van der Waals surface area contributed by atoms with Crippen LogP contribution in [0.15, 0.2) is 48.7 Å². The normalized spacial score (nSPS) is 16.7. The molecule has 3 aromatic heterocycles. The van der Waals surface area contributed by atoms with E-state index in [9.17, 15) is 4.79 Å². The summed E-state index contributed by atoms with van der Waals surface area (Å²) in [7, 11) is 0. The Morgan fingerprint density at radius 1 is 0.914 bits per heavy atom. The average molecular weight is 474 g/mol. The van der Waals surface area contributed by atoms with Gasteiger partial charge in [0.05, 0.1) is 32.1 Å². The van der Waals surface area contributed by atoms with Crippen LogP contribution in [-0.4, -0.2) is 87.8 Å². The number of benzene rings is 1. The molecule has 180 valence electrons. The van der Waals surface area contributed by atoms with Gasteiger partial charge in [-0.2, -0.15) is 14.7 Å². The van der Waals surface area contributed by atoms with Gasteiger partial charge < -0.3 is 19.3 Å². The van der Waals surface area contributed by atoms with E-state index in [0.29, 0.717) is 56.7 Å². The van der Waals surface area contributed by atoms with Gasteiger partial charge in [0.25, 0.3) is 5.91 Å². The molecule has 5 heterocycles. The maximum Gasteiger partial charge on any atom is 0.274 e. The zero-order valence-electron chi connectivity index (χ0n) is 19.6. The van der Waals surface area contributed by atoms with Crippen LogP contribution in [0.25, 0.3) is 22.7 Å². The smallest absolute Gasteiger partial charge is 0.274 e. The summed E-state index contributed by atoms with van der Waals surface area (Å²) >= 11 is 0. The van der Waals surface area contributed by atoms with E-state index in [2.05, 4.69) is 35.1 Å². The maximum absolute atomic E-state index is 13.1. The van der Waals surface area contributed by atoms with Crippen LogP contribution in [-0.2, 0) is 9.47 Å². The minimum Gasteiger partial charge on any atom is -0.378 e. The lowest BCUT2D eigenvalue weighted by molar-refractivity contribution is 0.0299. The number of aryl methyl sites for hydroxylation is 1. The molecule has 1 amide bonds. The molecule has 6 rings (SSSR count). The molecule has 10 nitrogen and oxygen atoms in total. The molecule has 0 saturated carbocycles. The SMILES string of the molecule is Cc1cccc(-c2ccn(-c3cc(N4CCOCC4)n4nc(C(=O)N5CCOCC5)cc4n3)n2)c1. The first-order chi connectivity index (χ1) is 17.2. The molecule has 0 unspecified atom stereocenters. The van der Waals surface area contributed by atoms with Crippen molar-refractivity contribution in [2.45, 2.75) is 6.92 Å². The molecular formula is C25H27N7O3. The highest BCUT2D eigenvalue weighted by atomic mass is 16.5. The molecule has 0 atom stereocenters. The summed E-state index contributed by atoms with van der Waals surface area (Å²) in [6.07, 6.45) is 1.91. The summed E-state index contributed by atoms with van der Waals surface area (Å²) in [6.45, 7) is 7.04. The summed E-state index contributed by atoms with van der Waals surface area (Å²) in [5.41, 5.74) is 4.10. The van der Waals surface area contributed by atoms with Crippen LogP contribution in [0.2, 0.25) is 0 Å². The van der Waals surface area contributed by atoms with Crippen molar-refractivity contribution < 1.29 is 14.3 Å². The Morgan fingerprint density at radius 2 is 1.69 bits per heavy atom. The zero-order valence-corrected chi connectivity index (χ0v) is 19.6. The van der Waals surface area contributed by atoms with E-state index in [1.165, 1.54) is 5.56 Å². The molecule has 2 aliphatic heterocycles. The monoisotopic (exact) mass is 473 g/mol. The fourth-order valence-corrected chi connectivity index (χ4v) is 4.52. The summed E-state index contributed by atoms with van der Waals surface area (Å²) < 4.78 is 14.5. The van der Waals surface area contributed by atoms with Gasteiger partial charge in [0, 0.05) is 50.1 Å². The molecule has 1 aromatic carbocycles. The zero-order chi connectivity index (χ0) is 23.8. The van der Waals surface area contributed by atoms with Gasteiger partial charge in [-0.15, -0.1) is 0 Å². The Bertz CT molecular complexity index is 1370. The van der Waals surface area contributed by atoms with E-state index >= 15 is 0 Å². The van der Waals surface area contributed by atoms with Crippen molar-refractivity contribution in [3.63, 3.8) is 0 Å². The summed E-state index contributed by atoms with van der Waals surface area (Å²) in [5, 5.41) is 9.46. The quantitative estimate of drug-likeness (QED) is 0.449. The average Bonchev–Trinajstić information content (AvgIpc) is 3.57. The van der Waals surface area contributed by atoms with E-state index < -0.39 is 0 Å². The molecule has 0 radical (unpaired) electrons. The predicted molar refractivity (Wildman–Crippen MR) is 130 cm³/mol. The molecule has 2 fully saturated rings. The molecule has 0 aliphatic carbocycles. The first-order valence-corrected chi connectivity index (χ1v) is 11.9. The Kier molecular flexibility index (Phi) is 5.67. The standard InChI is InChI=1S/C25H27N7O3/c1-18-3-2-4-19(15-18)20-5-6-31(27-20)22-17-24(29-7-11-34-12-8-29)32-23(26-22)16-21(28-32)25(33)30-9-13-35-14-10-30/h2-6,15-17H,7-14H2,1H3. The molecule has 2 saturated heterocycles. The number of rotatable bonds is 4. The highest BCUT2D eigenvalue weighted by Gasteiger charge is 2.24. The van der Waals surface area contributed by atoms with Crippen LogP contribution < -0.4 is 4.90 Å². The van der Waals surface area contributed by atoms with Crippen LogP contribution in [0.3, 0.4) is 0 Å². The molecule has 2 aliphatic rings. The number of nitrogens with zero attached hydrogens (tertiary/aromatic N) is 7. The van der Waals surface area contributed by atoms with Crippen molar-refractivity contribution in [2.24, 2.45) is 0 Å². The van der Waals surface area contributed by atoms with Gasteiger partial charge in [-0.05, 0) is 19.1 Å². The second kappa shape index (κ2) is 9.12. The largest absolute Gasteiger partial charge is 0.378 e. The fourth-order valence-electron chi connectivity index (χ4n) is 4.52. The van der Waals surface area contributed by atoms with Crippen molar-refractivity contribution in [1.82, 2.24) is 29.3 Å². The van der Waals surface area contributed by atoms with Crippen LogP contribution >= 0.6 is 0 Å². The highest BCUT2D eigenvalue weighted by Crippen LogP contribution is 2.24. The number of morpholine rings is 2. The van der Waals surface area contributed by atoms with E-state index in [1.807, 2.05) is 24.4 Å². The van der Waals surface area contributed by atoms with Crippen molar-refractivity contribution >= 4 is 17.4 Å². The van der Waals surface area contributed by atoms with Gasteiger partial charge in [0.1, 0.15) is 5.82 Å². The number of amides is 1. The van der Waals surface area contributed by atoms with Crippen molar-refractivity contribution in [3.8, 4) is 17.1 Å².